The van der Waals surface area contributed by atoms with Crippen LogP contribution in [0.25, 0.3) is 0 Å². The summed E-state index contributed by atoms with van der Waals surface area (Å²) in [5.41, 5.74) is 0.219. The van der Waals surface area contributed by atoms with E-state index in [9.17, 15) is 4.79 Å². The topological polar surface area (TPSA) is 35.5 Å². The van der Waals surface area contributed by atoms with Crippen molar-refractivity contribution in [3.8, 4) is 5.75 Å². The molecule has 0 saturated heterocycles. The number of carbonyl (C=O) groups is 1. The Hall–Kier alpha value is -2.04. The molecule has 3 nitrogen and oxygen atoms in total. The smallest absolute Gasteiger partial charge is 0.345 e. The number of benzene rings is 4. The van der Waals surface area contributed by atoms with Crippen LogP contribution in [0.5, 0.6) is 5.75 Å². The van der Waals surface area contributed by atoms with E-state index in [-0.39, 0.29) is 17.5 Å². The molecule has 4 aromatic carbocycles. The molecule has 0 aliphatic carbocycles. The van der Waals surface area contributed by atoms with Crippen LogP contribution in [-0.2, 0) is 26.0 Å². The average molecular weight is 707 g/mol. The van der Waals surface area contributed by atoms with Crippen molar-refractivity contribution < 1.29 is 14.3 Å². The molecule has 35 heavy (non-hydrogen) atoms. The van der Waals surface area contributed by atoms with Gasteiger partial charge in [0.05, 0.1) is 10.9 Å². The first-order valence-electron chi connectivity index (χ1n) is 11.1. The summed E-state index contributed by atoms with van der Waals surface area (Å²) < 4.78 is 13.9. The summed E-state index contributed by atoms with van der Waals surface area (Å²) in [4.78, 5) is 16.2. The number of carbonyl (C=O) groups excluding carboxylic acids is 1. The molecule has 0 heterocycles. The van der Waals surface area contributed by atoms with Crippen molar-refractivity contribution in [2.45, 2.75) is 34.1 Å². The van der Waals surface area contributed by atoms with Crippen molar-refractivity contribution in [2.24, 2.45) is 0 Å². The Kier molecular flexibility index (Phi) is 8.77. The number of halogens is 2. The van der Waals surface area contributed by atoms with Crippen molar-refractivity contribution >= 4 is 62.0 Å². The summed E-state index contributed by atoms with van der Waals surface area (Å²) in [6.45, 7) is 3.62. The van der Waals surface area contributed by atoms with Crippen molar-refractivity contribution in [3.63, 3.8) is 0 Å². The molecule has 0 spiro atoms. The van der Waals surface area contributed by atoms with Gasteiger partial charge in [-0.15, -0.1) is 0 Å². The van der Waals surface area contributed by atoms with E-state index in [1.165, 1.54) is 21.8 Å². The Bertz CT molecular complexity index is 1210. The van der Waals surface area contributed by atoms with Gasteiger partial charge in [-0.3, -0.25) is 0 Å². The van der Waals surface area contributed by atoms with Crippen LogP contribution in [0.15, 0.2) is 118 Å². The minimum Gasteiger partial charge on any atom is -0.482 e. The third-order valence-electron chi connectivity index (χ3n) is 5.35. The van der Waals surface area contributed by atoms with Crippen LogP contribution >= 0.6 is 45.2 Å². The first-order chi connectivity index (χ1) is 16.8. The first-order valence-corrected chi connectivity index (χ1v) is 14.5. The number of rotatable bonds is 8. The van der Waals surface area contributed by atoms with Gasteiger partial charge in [0.1, 0.15) is 11.4 Å². The highest BCUT2D eigenvalue weighted by Crippen LogP contribution is 2.33. The normalized spacial score (nSPS) is 11.3. The summed E-state index contributed by atoms with van der Waals surface area (Å²) in [6.07, 6.45) is 0. The van der Waals surface area contributed by atoms with E-state index < -0.39 is 11.6 Å². The maximum absolute atomic E-state index is 12.5. The first kappa shape index (κ1) is 26.0. The van der Waals surface area contributed by atoms with Crippen LogP contribution in [0, 0.1) is 7.14 Å². The summed E-state index contributed by atoms with van der Waals surface area (Å²) in [6, 6.07) is 35.0. The summed E-state index contributed by atoms with van der Waals surface area (Å²) >= 11 is 4.66. The molecule has 0 bridgehead atoms. The quantitative estimate of drug-likeness (QED) is 0.106. The lowest BCUT2D eigenvalue weighted by Crippen LogP contribution is -2.28. The molecule has 0 saturated carbocycles. The van der Waals surface area contributed by atoms with Gasteiger partial charge in [0, 0.05) is 7.14 Å². The number of hydrogen-bond donors (Lipinski definition) is 0. The van der Waals surface area contributed by atoms with E-state index in [0.717, 1.165) is 5.56 Å². The van der Waals surface area contributed by atoms with Gasteiger partial charge in [-0.25, -0.2) is 4.79 Å². The van der Waals surface area contributed by atoms with Crippen molar-refractivity contribution in [2.75, 3.05) is 6.61 Å². The van der Waals surface area contributed by atoms with Crippen LogP contribution in [-0.4, -0.2) is 12.6 Å². The fraction of sp³-hybridized carbons (Fsp3) is 0.138. The van der Waals surface area contributed by atoms with Gasteiger partial charge in [0.2, 0.25) is 0 Å². The standard InChI is InChI=1S/C29H25I2O3S/c1-29(2,21-6-4-3-5-7-21)34-28(32)20-33-24-12-18-27(19-13-24)35(25-14-8-22(30)9-15-25)26-16-10-23(31)11-17-26/h3-19H,20H2,1-2H3/q+1. The second-order valence-electron chi connectivity index (χ2n) is 8.32. The largest absolute Gasteiger partial charge is 0.482 e. The van der Waals surface area contributed by atoms with Gasteiger partial charge in [0.25, 0.3) is 0 Å². The molecule has 0 aliphatic heterocycles. The van der Waals surface area contributed by atoms with Gasteiger partial charge in [-0.1, -0.05) is 30.3 Å². The van der Waals surface area contributed by atoms with Crippen LogP contribution < -0.4 is 4.74 Å². The molecule has 0 atom stereocenters. The summed E-state index contributed by atoms with van der Waals surface area (Å²) in [5.74, 6) is 0.234. The molecule has 4 aromatic rings. The predicted octanol–water partition coefficient (Wildman–Crippen LogP) is 7.85. The molecule has 0 unspecified atom stereocenters. The molecule has 4 rings (SSSR count). The van der Waals surface area contributed by atoms with Gasteiger partial charge in [-0.2, -0.15) is 0 Å². The molecule has 0 radical (unpaired) electrons. The molecule has 6 heteroatoms. The molecule has 0 aromatic heterocycles. The van der Waals surface area contributed by atoms with E-state index in [0.29, 0.717) is 5.75 Å². The summed E-state index contributed by atoms with van der Waals surface area (Å²) in [5, 5.41) is 0. The zero-order valence-corrected chi connectivity index (χ0v) is 24.5. The fourth-order valence-electron chi connectivity index (χ4n) is 3.58. The zero-order chi connectivity index (χ0) is 24.8. The molecule has 0 N–H and O–H groups in total. The number of esters is 1. The van der Waals surface area contributed by atoms with Crippen LogP contribution in [0.4, 0.5) is 0 Å². The molecule has 178 valence electrons. The van der Waals surface area contributed by atoms with E-state index in [1.54, 1.807) is 0 Å². The number of hydrogen-bond acceptors (Lipinski definition) is 3. The van der Waals surface area contributed by atoms with Gasteiger partial charge in [-0.05, 0) is 137 Å². The second-order valence-corrected chi connectivity index (χ2v) is 12.8. The van der Waals surface area contributed by atoms with E-state index >= 15 is 0 Å². The minimum atomic E-state index is -0.721. The van der Waals surface area contributed by atoms with E-state index in [4.69, 9.17) is 9.47 Å². The van der Waals surface area contributed by atoms with Crippen molar-refractivity contribution in [1.29, 1.82) is 0 Å². The Balaban J connectivity index is 1.46. The lowest BCUT2D eigenvalue weighted by Gasteiger charge is -2.25. The Labute approximate surface area is 236 Å². The van der Waals surface area contributed by atoms with Gasteiger partial charge in [0.15, 0.2) is 21.3 Å². The zero-order valence-electron chi connectivity index (χ0n) is 19.4. The molecular formula is C29H25I2O3S+. The highest BCUT2D eigenvalue weighted by atomic mass is 127. The molecular weight excluding hydrogens is 682 g/mol. The highest BCUT2D eigenvalue weighted by Gasteiger charge is 2.29. The van der Waals surface area contributed by atoms with E-state index in [2.05, 4.69) is 106 Å². The average Bonchev–Trinajstić information content (AvgIpc) is 2.86. The van der Waals surface area contributed by atoms with Gasteiger partial charge >= 0.3 is 5.97 Å². The Morgan fingerprint density at radius 3 is 1.66 bits per heavy atom. The summed E-state index contributed by atoms with van der Waals surface area (Å²) in [7, 11) is -0.241. The third kappa shape index (κ3) is 7.01. The maximum atomic E-state index is 12.5. The van der Waals surface area contributed by atoms with Crippen molar-refractivity contribution in [1.82, 2.24) is 0 Å². The number of ether oxygens (including phenoxy) is 2. The predicted molar refractivity (Wildman–Crippen MR) is 158 cm³/mol. The molecule has 0 fully saturated rings. The van der Waals surface area contributed by atoms with Crippen molar-refractivity contribution in [3.05, 3.63) is 116 Å². The lowest BCUT2D eigenvalue weighted by atomic mass is 9.98. The van der Waals surface area contributed by atoms with Crippen LogP contribution in [0.1, 0.15) is 19.4 Å². The highest BCUT2D eigenvalue weighted by molar-refractivity contribution is 14.1. The fourth-order valence-corrected chi connectivity index (χ4v) is 6.34. The van der Waals surface area contributed by atoms with Gasteiger partial charge < -0.3 is 9.47 Å². The molecule has 0 amide bonds. The monoisotopic (exact) mass is 707 g/mol. The van der Waals surface area contributed by atoms with Crippen LogP contribution in [0.3, 0.4) is 0 Å². The Morgan fingerprint density at radius 2 is 1.17 bits per heavy atom. The SMILES string of the molecule is CC(C)(OC(=O)COc1ccc([S+](c2ccc(I)cc2)c2ccc(I)cc2)cc1)c1ccccc1. The third-order valence-corrected chi connectivity index (χ3v) is 9.02. The molecule has 0 aliphatic rings. The Morgan fingerprint density at radius 1 is 0.714 bits per heavy atom. The lowest BCUT2D eigenvalue weighted by molar-refractivity contribution is -0.159. The van der Waals surface area contributed by atoms with E-state index in [1.807, 2.05) is 56.3 Å². The minimum absolute atomic E-state index is 0.143. The van der Waals surface area contributed by atoms with Crippen LogP contribution in [0.2, 0.25) is 0 Å². The second kappa shape index (κ2) is 11.8. The maximum Gasteiger partial charge on any atom is 0.345 e.